The number of nitrogens with two attached hydrogens (primary N) is 1. The summed E-state index contributed by atoms with van der Waals surface area (Å²) in [5.41, 5.74) is 3.43. The van der Waals surface area contributed by atoms with Gasteiger partial charge < -0.3 is 9.47 Å². The Morgan fingerprint density at radius 2 is 1.82 bits per heavy atom. The Morgan fingerprint density at radius 1 is 1.00 bits per heavy atom. The number of halogens is 2. The van der Waals surface area contributed by atoms with E-state index in [4.69, 9.17) is 14.6 Å². The van der Waals surface area contributed by atoms with Gasteiger partial charge in [0.2, 0.25) is 10.0 Å². The average Bonchev–Trinajstić information content (AvgIpc) is 3.17. The molecule has 12 heteroatoms. The first kappa shape index (κ1) is 29.7. The van der Waals surface area contributed by atoms with Gasteiger partial charge >= 0.3 is 0 Å². The van der Waals surface area contributed by atoms with Crippen LogP contribution in [0.2, 0.25) is 0 Å². The summed E-state index contributed by atoms with van der Waals surface area (Å²) in [6.07, 6.45) is 1.77. The van der Waals surface area contributed by atoms with Gasteiger partial charge in [-0.05, 0) is 48.0 Å². The standard InChI is InChI=1S/C32H25F2N3O5S2/c33-25-14-19-7-8-20(37-27(19)16-26(25)34)17-41-21-9-10-30-24(15-21)32(22-5-3-12-36-28(22)18-42-30)43-13-11-29(38)23-4-1-2-6-31(23)44(35,39)40/h1-10,12,14-16,32H,11,13,17-18H2,(H2,35,39,40). The minimum absolute atomic E-state index is 0.0631. The lowest BCUT2D eigenvalue weighted by Gasteiger charge is -2.19. The number of primary sulfonamides is 1. The Balaban J connectivity index is 1.23. The van der Waals surface area contributed by atoms with Gasteiger partial charge in [0.25, 0.3) is 0 Å². The van der Waals surface area contributed by atoms with E-state index in [0.29, 0.717) is 33.8 Å². The number of carbonyl (C=O) groups is 1. The van der Waals surface area contributed by atoms with Crippen LogP contribution in [0.15, 0.2) is 90.0 Å². The molecular weight excluding hydrogens is 608 g/mol. The topological polar surface area (TPSA) is 121 Å². The van der Waals surface area contributed by atoms with E-state index in [2.05, 4.69) is 9.97 Å². The first-order valence-electron chi connectivity index (χ1n) is 13.5. The fraction of sp³-hybridized carbons (Fsp3) is 0.156. The molecule has 44 heavy (non-hydrogen) atoms. The number of fused-ring (bicyclic) bond motifs is 3. The van der Waals surface area contributed by atoms with Gasteiger partial charge in [0, 0.05) is 41.0 Å². The van der Waals surface area contributed by atoms with Crippen LogP contribution in [0.25, 0.3) is 10.9 Å². The van der Waals surface area contributed by atoms with E-state index in [0.717, 1.165) is 29.0 Å². The van der Waals surface area contributed by atoms with Crippen LogP contribution in [0.5, 0.6) is 11.5 Å². The third-order valence-electron chi connectivity index (χ3n) is 7.12. The number of thioether (sulfide) groups is 1. The van der Waals surface area contributed by atoms with E-state index in [1.807, 2.05) is 24.3 Å². The van der Waals surface area contributed by atoms with Crippen molar-refractivity contribution in [1.29, 1.82) is 0 Å². The molecule has 0 amide bonds. The van der Waals surface area contributed by atoms with Gasteiger partial charge in [-0.2, -0.15) is 0 Å². The second-order valence-corrected chi connectivity index (χ2v) is 12.8. The molecule has 0 aliphatic carbocycles. The summed E-state index contributed by atoms with van der Waals surface area (Å²) in [7, 11) is -4.06. The number of aromatic nitrogens is 2. The van der Waals surface area contributed by atoms with Crippen molar-refractivity contribution in [3.8, 4) is 11.5 Å². The molecule has 3 aromatic carbocycles. The van der Waals surface area contributed by atoms with Gasteiger partial charge in [-0.15, -0.1) is 11.8 Å². The Morgan fingerprint density at radius 3 is 2.66 bits per heavy atom. The van der Waals surface area contributed by atoms with Crippen molar-refractivity contribution in [2.45, 2.75) is 29.8 Å². The normalized spacial score (nSPS) is 14.3. The highest BCUT2D eigenvalue weighted by atomic mass is 32.2. The van der Waals surface area contributed by atoms with Gasteiger partial charge in [0.05, 0.1) is 27.0 Å². The molecule has 8 nitrogen and oxygen atoms in total. The highest BCUT2D eigenvalue weighted by Crippen LogP contribution is 2.45. The molecule has 224 valence electrons. The maximum atomic E-state index is 13.7. The molecule has 0 spiro atoms. The van der Waals surface area contributed by atoms with Crippen molar-refractivity contribution >= 4 is 38.5 Å². The molecule has 0 saturated carbocycles. The quantitative estimate of drug-likeness (QED) is 0.193. The maximum absolute atomic E-state index is 13.7. The van der Waals surface area contributed by atoms with E-state index in [-0.39, 0.29) is 41.1 Å². The molecule has 6 rings (SSSR count). The van der Waals surface area contributed by atoms with E-state index in [1.165, 1.54) is 30.0 Å². The number of nitrogens with zero attached hydrogens (tertiary/aromatic N) is 2. The van der Waals surface area contributed by atoms with Crippen molar-refractivity contribution in [1.82, 2.24) is 9.97 Å². The Kier molecular flexibility index (Phi) is 8.30. The van der Waals surface area contributed by atoms with Gasteiger partial charge in [-0.1, -0.05) is 30.3 Å². The van der Waals surface area contributed by atoms with Gasteiger partial charge in [0.1, 0.15) is 24.7 Å². The summed E-state index contributed by atoms with van der Waals surface area (Å²) in [5, 5.41) is 5.54. The molecule has 2 N–H and O–H groups in total. The fourth-order valence-electron chi connectivity index (χ4n) is 5.00. The number of rotatable bonds is 9. The van der Waals surface area contributed by atoms with Gasteiger partial charge in [0.15, 0.2) is 17.4 Å². The second kappa shape index (κ2) is 12.3. The summed E-state index contributed by atoms with van der Waals surface area (Å²) >= 11 is 1.50. The third-order valence-corrected chi connectivity index (χ3v) is 9.37. The van der Waals surface area contributed by atoms with Crippen molar-refractivity contribution in [2.24, 2.45) is 5.14 Å². The Hall–Kier alpha value is -4.39. The lowest BCUT2D eigenvalue weighted by molar-refractivity contribution is 0.0986. The van der Waals surface area contributed by atoms with Crippen LogP contribution >= 0.6 is 11.8 Å². The smallest absolute Gasteiger partial charge is 0.238 e. The molecule has 1 aliphatic rings. The second-order valence-electron chi connectivity index (χ2n) is 10.0. The highest BCUT2D eigenvalue weighted by Gasteiger charge is 2.27. The predicted molar refractivity (Wildman–Crippen MR) is 162 cm³/mol. The number of ether oxygens (including phenoxy) is 2. The zero-order chi connectivity index (χ0) is 30.8. The maximum Gasteiger partial charge on any atom is 0.238 e. The molecular formula is C32H25F2N3O5S2. The minimum Gasteiger partial charge on any atom is -0.487 e. The number of pyridine rings is 2. The van der Waals surface area contributed by atoms with Crippen molar-refractivity contribution in [2.75, 3.05) is 5.75 Å². The van der Waals surface area contributed by atoms with E-state index >= 15 is 0 Å². The molecule has 0 saturated heterocycles. The Bertz CT molecular complexity index is 2010. The molecule has 0 radical (unpaired) electrons. The fourth-order valence-corrected chi connectivity index (χ4v) is 7.06. The predicted octanol–water partition coefficient (Wildman–Crippen LogP) is 6.12. The minimum atomic E-state index is -4.06. The third kappa shape index (κ3) is 6.28. The van der Waals surface area contributed by atoms with Gasteiger partial charge in [-0.3, -0.25) is 9.78 Å². The molecule has 3 heterocycles. The number of sulfonamides is 1. The summed E-state index contributed by atoms with van der Waals surface area (Å²) < 4.78 is 63.5. The average molecular weight is 634 g/mol. The summed E-state index contributed by atoms with van der Waals surface area (Å²) in [6, 6.07) is 20.7. The molecule has 2 aromatic heterocycles. The number of ketones is 1. The lowest BCUT2D eigenvalue weighted by Crippen LogP contribution is -2.17. The lowest BCUT2D eigenvalue weighted by atomic mass is 10.0. The molecule has 1 atom stereocenters. The van der Waals surface area contributed by atoms with Crippen LogP contribution in [-0.2, 0) is 23.2 Å². The summed E-state index contributed by atoms with van der Waals surface area (Å²) in [5.74, 6) is -0.684. The number of hydrogen-bond donors (Lipinski definition) is 1. The van der Waals surface area contributed by atoms with Crippen LogP contribution in [0.3, 0.4) is 0 Å². The van der Waals surface area contributed by atoms with Crippen molar-refractivity contribution < 1.29 is 31.5 Å². The number of benzene rings is 3. The Labute approximate surface area is 256 Å². The van der Waals surface area contributed by atoms with Crippen LogP contribution < -0.4 is 14.6 Å². The summed E-state index contributed by atoms with van der Waals surface area (Å²) in [4.78, 5) is 21.8. The molecule has 1 unspecified atom stereocenters. The van der Waals surface area contributed by atoms with E-state index < -0.39 is 21.7 Å². The zero-order valence-corrected chi connectivity index (χ0v) is 24.7. The number of carbonyl (C=O) groups excluding carboxylic acids is 1. The number of Topliss-reactive ketones (excluding diaryl/α,β-unsaturated/α-hetero) is 1. The van der Waals surface area contributed by atoms with E-state index in [1.54, 1.807) is 30.5 Å². The first-order chi connectivity index (χ1) is 21.2. The highest BCUT2D eigenvalue weighted by molar-refractivity contribution is 7.99. The van der Waals surface area contributed by atoms with Gasteiger partial charge in [-0.25, -0.2) is 27.3 Å². The van der Waals surface area contributed by atoms with Crippen LogP contribution in [0, 0.1) is 11.6 Å². The van der Waals surface area contributed by atoms with Crippen LogP contribution in [0.1, 0.15) is 44.5 Å². The summed E-state index contributed by atoms with van der Waals surface area (Å²) in [6.45, 7) is 0.349. The number of hydrogen-bond acceptors (Lipinski definition) is 8. The van der Waals surface area contributed by atoms with E-state index in [9.17, 15) is 22.0 Å². The first-order valence-corrected chi connectivity index (χ1v) is 16.1. The molecule has 0 bridgehead atoms. The zero-order valence-electron chi connectivity index (χ0n) is 23.1. The van der Waals surface area contributed by atoms with Crippen molar-refractivity contribution in [3.63, 3.8) is 0 Å². The van der Waals surface area contributed by atoms with Crippen LogP contribution in [0.4, 0.5) is 8.78 Å². The largest absolute Gasteiger partial charge is 0.487 e. The molecule has 1 aliphatic heterocycles. The SMILES string of the molecule is NS(=O)(=O)c1ccccc1C(=O)CCSC1c2cc(OCc3ccc4cc(F)c(F)cc4n3)ccc2OCc2ncccc21. The monoisotopic (exact) mass is 633 g/mol. The van der Waals surface area contributed by atoms with Crippen LogP contribution in [-0.4, -0.2) is 29.9 Å². The molecule has 0 fully saturated rings. The van der Waals surface area contributed by atoms with Crippen molar-refractivity contribution in [3.05, 3.63) is 125 Å². The molecule has 5 aromatic rings.